The summed E-state index contributed by atoms with van der Waals surface area (Å²) in [5.74, 6) is 0.916. The van der Waals surface area contributed by atoms with Crippen LogP contribution in [0, 0.1) is 19.8 Å². The number of aryl methyl sites for hydroxylation is 2. The van der Waals surface area contributed by atoms with E-state index in [0.717, 1.165) is 5.92 Å². The Kier molecular flexibility index (Phi) is 4.65. The Morgan fingerprint density at radius 3 is 2.67 bits per heavy atom. The van der Waals surface area contributed by atoms with Crippen molar-refractivity contribution in [3.8, 4) is 0 Å². The first kappa shape index (κ1) is 13.4. The van der Waals surface area contributed by atoms with E-state index in [-0.39, 0.29) is 0 Å². The summed E-state index contributed by atoms with van der Waals surface area (Å²) >= 11 is 0. The predicted molar refractivity (Wildman–Crippen MR) is 79.4 cm³/mol. The van der Waals surface area contributed by atoms with Crippen LogP contribution in [0.25, 0.3) is 0 Å². The van der Waals surface area contributed by atoms with Crippen LogP contribution in [0.2, 0.25) is 0 Å². The fourth-order valence-corrected chi connectivity index (χ4v) is 2.80. The van der Waals surface area contributed by atoms with Crippen molar-refractivity contribution in [1.82, 2.24) is 5.32 Å². The van der Waals surface area contributed by atoms with Gasteiger partial charge in [-0.25, -0.2) is 0 Å². The lowest BCUT2D eigenvalue weighted by Gasteiger charge is -2.27. The van der Waals surface area contributed by atoms with Crippen LogP contribution < -0.4 is 10.2 Å². The highest BCUT2D eigenvalue weighted by molar-refractivity contribution is 5.54. The van der Waals surface area contributed by atoms with Crippen LogP contribution in [-0.2, 0) is 0 Å². The summed E-state index contributed by atoms with van der Waals surface area (Å²) in [6, 6.07) is 6.73. The van der Waals surface area contributed by atoms with Gasteiger partial charge in [0.25, 0.3) is 0 Å². The molecule has 2 rings (SSSR count). The Morgan fingerprint density at radius 2 is 1.94 bits per heavy atom. The lowest BCUT2D eigenvalue weighted by Crippen LogP contribution is -2.30. The first-order chi connectivity index (χ1) is 8.66. The first-order valence-corrected chi connectivity index (χ1v) is 7.16. The van der Waals surface area contributed by atoms with Gasteiger partial charge in [0.2, 0.25) is 0 Å². The van der Waals surface area contributed by atoms with Gasteiger partial charge in [0.05, 0.1) is 0 Å². The molecule has 0 atom stereocenters. The van der Waals surface area contributed by atoms with E-state index in [0.29, 0.717) is 0 Å². The van der Waals surface area contributed by atoms with Crippen molar-refractivity contribution in [2.45, 2.75) is 33.1 Å². The minimum absolute atomic E-state index is 0.916. The molecule has 1 aliphatic heterocycles. The van der Waals surface area contributed by atoms with E-state index >= 15 is 0 Å². The minimum atomic E-state index is 0.916. The summed E-state index contributed by atoms with van der Waals surface area (Å²) < 4.78 is 0. The molecule has 100 valence electrons. The van der Waals surface area contributed by atoms with Crippen LogP contribution in [-0.4, -0.2) is 26.7 Å². The Bertz CT molecular complexity index is 381. The van der Waals surface area contributed by atoms with E-state index in [9.17, 15) is 0 Å². The third-order valence-corrected chi connectivity index (χ3v) is 4.11. The fraction of sp³-hybridized carbons (Fsp3) is 0.625. The lowest BCUT2D eigenvalue weighted by atomic mass is 9.94. The van der Waals surface area contributed by atoms with Gasteiger partial charge < -0.3 is 10.2 Å². The van der Waals surface area contributed by atoms with Crippen molar-refractivity contribution in [2.75, 3.05) is 31.6 Å². The van der Waals surface area contributed by atoms with E-state index in [4.69, 9.17) is 0 Å². The number of nitrogens with one attached hydrogen (secondary N) is 1. The number of rotatable bonds is 4. The van der Waals surface area contributed by atoms with Gasteiger partial charge in [-0.05, 0) is 69.3 Å². The SMILES string of the molecule is Cc1ccc(C)c(N(C)CCC2CCNCC2)c1. The molecule has 0 amide bonds. The minimum Gasteiger partial charge on any atom is -0.374 e. The Balaban J connectivity index is 1.90. The Labute approximate surface area is 111 Å². The largest absolute Gasteiger partial charge is 0.374 e. The lowest BCUT2D eigenvalue weighted by molar-refractivity contribution is 0.356. The van der Waals surface area contributed by atoms with Gasteiger partial charge in [0, 0.05) is 19.3 Å². The number of hydrogen-bond donors (Lipinski definition) is 1. The van der Waals surface area contributed by atoms with Crippen molar-refractivity contribution >= 4 is 5.69 Å². The van der Waals surface area contributed by atoms with Crippen molar-refractivity contribution in [2.24, 2.45) is 5.92 Å². The van der Waals surface area contributed by atoms with Crippen LogP contribution in [0.5, 0.6) is 0 Å². The average Bonchev–Trinajstić information content (AvgIpc) is 2.40. The molecule has 0 spiro atoms. The molecule has 0 unspecified atom stereocenters. The van der Waals surface area contributed by atoms with Gasteiger partial charge in [-0.1, -0.05) is 12.1 Å². The van der Waals surface area contributed by atoms with Gasteiger partial charge in [0.15, 0.2) is 0 Å². The molecule has 1 aromatic carbocycles. The molecule has 2 heteroatoms. The predicted octanol–water partition coefficient (Wildman–Crippen LogP) is 3.13. The molecule has 0 saturated carbocycles. The summed E-state index contributed by atoms with van der Waals surface area (Å²) in [6.45, 7) is 7.96. The van der Waals surface area contributed by atoms with E-state index in [2.05, 4.69) is 49.3 Å². The summed E-state index contributed by atoms with van der Waals surface area (Å²) in [7, 11) is 2.23. The van der Waals surface area contributed by atoms with Gasteiger partial charge in [-0.3, -0.25) is 0 Å². The van der Waals surface area contributed by atoms with Crippen LogP contribution in [0.3, 0.4) is 0 Å². The number of anilines is 1. The molecule has 1 aliphatic rings. The second kappa shape index (κ2) is 6.24. The zero-order valence-electron chi connectivity index (χ0n) is 12.0. The summed E-state index contributed by atoms with van der Waals surface area (Å²) in [4.78, 5) is 2.42. The van der Waals surface area contributed by atoms with Crippen LogP contribution in [0.15, 0.2) is 18.2 Å². The maximum absolute atomic E-state index is 3.44. The van der Waals surface area contributed by atoms with Crippen molar-refractivity contribution in [3.63, 3.8) is 0 Å². The van der Waals surface area contributed by atoms with Gasteiger partial charge in [-0.15, -0.1) is 0 Å². The molecule has 0 radical (unpaired) electrons. The van der Waals surface area contributed by atoms with Crippen LogP contribution in [0.4, 0.5) is 5.69 Å². The highest BCUT2D eigenvalue weighted by Crippen LogP contribution is 2.22. The molecule has 18 heavy (non-hydrogen) atoms. The second-order valence-corrected chi connectivity index (χ2v) is 5.69. The number of piperidine rings is 1. The highest BCUT2D eigenvalue weighted by Gasteiger charge is 2.14. The van der Waals surface area contributed by atoms with E-state index < -0.39 is 0 Å². The first-order valence-electron chi connectivity index (χ1n) is 7.16. The van der Waals surface area contributed by atoms with Crippen LogP contribution >= 0.6 is 0 Å². The quantitative estimate of drug-likeness (QED) is 0.878. The summed E-state index contributed by atoms with van der Waals surface area (Å²) in [5, 5.41) is 3.44. The third kappa shape index (κ3) is 3.49. The van der Waals surface area contributed by atoms with Gasteiger partial charge in [0.1, 0.15) is 0 Å². The maximum atomic E-state index is 3.44. The monoisotopic (exact) mass is 246 g/mol. The van der Waals surface area contributed by atoms with E-state index in [1.807, 2.05) is 0 Å². The summed E-state index contributed by atoms with van der Waals surface area (Å²) in [5.41, 5.74) is 4.13. The van der Waals surface area contributed by atoms with Gasteiger partial charge in [-0.2, -0.15) is 0 Å². The van der Waals surface area contributed by atoms with Crippen molar-refractivity contribution < 1.29 is 0 Å². The standard InChI is InChI=1S/C16H26N2/c1-13-4-5-14(2)16(12-13)18(3)11-8-15-6-9-17-10-7-15/h4-5,12,15,17H,6-11H2,1-3H3. The highest BCUT2D eigenvalue weighted by atomic mass is 15.1. The van der Waals surface area contributed by atoms with Crippen molar-refractivity contribution in [3.05, 3.63) is 29.3 Å². The molecule has 0 aliphatic carbocycles. The van der Waals surface area contributed by atoms with Crippen molar-refractivity contribution in [1.29, 1.82) is 0 Å². The molecule has 1 N–H and O–H groups in total. The molecule has 0 bridgehead atoms. The molecule has 1 saturated heterocycles. The fourth-order valence-electron chi connectivity index (χ4n) is 2.80. The second-order valence-electron chi connectivity index (χ2n) is 5.69. The zero-order chi connectivity index (χ0) is 13.0. The van der Waals surface area contributed by atoms with E-state index in [1.165, 1.54) is 55.7 Å². The molecule has 1 aromatic rings. The number of hydrogen-bond acceptors (Lipinski definition) is 2. The Morgan fingerprint density at radius 1 is 1.22 bits per heavy atom. The molecule has 0 aromatic heterocycles. The average molecular weight is 246 g/mol. The summed E-state index contributed by atoms with van der Waals surface area (Å²) in [6.07, 6.45) is 4.02. The molecular formula is C16H26N2. The number of benzene rings is 1. The van der Waals surface area contributed by atoms with Crippen LogP contribution in [0.1, 0.15) is 30.4 Å². The number of nitrogens with zero attached hydrogens (tertiary/aromatic N) is 1. The molecule has 2 nitrogen and oxygen atoms in total. The normalized spacial score (nSPS) is 16.8. The zero-order valence-corrected chi connectivity index (χ0v) is 12.0. The Hall–Kier alpha value is -1.02. The molecule has 1 heterocycles. The van der Waals surface area contributed by atoms with Gasteiger partial charge >= 0.3 is 0 Å². The van der Waals surface area contributed by atoms with E-state index in [1.54, 1.807) is 0 Å². The smallest absolute Gasteiger partial charge is 0.0395 e. The molecular weight excluding hydrogens is 220 g/mol. The molecule has 1 fully saturated rings. The topological polar surface area (TPSA) is 15.3 Å². The third-order valence-electron chi connectivity index (χ3n) is 4.11. The maximum Gasteiger partial charge on any atom is 0.0395 e.